The molecule has 2 nitrogen and oxygen atoms in total. The second-order valence-electron chi connectivity index (χ2n) is 6.11. The number of aryl methyl sites for hydroxylation is 1. The first-order chi connectivity index (χ1) is 10.00. The fraction of sp³-hybridized carbons (Fsp3) is 0.333. The van der Waals surface area contributed by atoms with Gasteiger partial charge in [-0.05, 0) is 38.3 Å². The number of pyridine rings is 1. The van der Waals surface area contributed by atoms with Gasteiger partial charge in [0.05, 0.1) is 22.0 Å². The number of hydrogen-bond donors (Lipinski definition) is 0. The van der Waals surface area contributed by atoms with Crippen LogP contribution in [0.1, 0.15) is 43.2 Å². The van der Waals surface area contributed by atoms with E-state index in [9.17, 15) is 0 Å². The number of fused-ring (bicyclic) bond motifs is 1. The molecule has 2 aromatic rings. The van der Waals surface area contributed by atoms with Crippen LogP contribution < -0.4 is 0 Å². The molecule has 1 aliphatic rings. The number of nitrogens with zero attached hydrogens (tertiary/aromatic N) is 2. The van der Waals surface area contributed by atoms with Crippen LogP contribution in [0.4, 0.5) is 0 Å². The Kier molecular flexibility index (Phi) is 3.58. The lowest BCUT2D eigenvalue weighted by molar-refractivity contribution is 0.513. The second kappa shape index (κ2) is 5.27. The molecule has 3 heteroatoms. The van der Waals surface area contributed by atoms with Gasteiger partial charge in [-0.2, -0.15) is 0 Å². The van der Waals surface area contributed by atoms with Crippen molar-refractivity contribution in [1.29, 1.82) is 0 Å². The van der Waals surface area contributed by atoms with Gasteiger partial charge < -0.3 is 0 Å². The Bertz CT molecular complexity index is 717. The number of rotatable bonds is 2. The minimum absolute atomic E-state index is 0.0976. The van der Waals surface area contributed by atoms with Crippen molar-refractivity contribution in [2.24, 2.45) is 4.99 Å². The third kappa shape index (κ3) is 2.73. The quantitative estimate of drug-likeness (QED) is 0.803. The maximum absolute atomic E-state index is 6.33. The van der Waals surface area contributed by atoms with Gasteiger partial charge in [0.2, 0.25) is 0 Å². The normalized spacial score (nSPS) is 16.3. The average Bonchev–Trinajstić information content (AvgIpc) is 2.45. The summed E-state index contributed by atoms with van der Waals surface area (Å²) in [5.41, 5.74) is 5.36. The molecule has 0 N–H and O–H groups in total. The molecular formula is C18H19ClN2. The van der Waals surface area contributed by atoms with Crippen molar-refractivity contribution in [3.63, 3.8) is 0 Å². The van der Waals surface area contributed by atoms with Crippen molar-refractivity contribution in [2.45, 2.75) is 39.2 Å². The van der Waals surface area contributed by atoms with E-state index in [0.29, 0.717) is 0 Å². The summed E-state index contributed by atoms with van der Waals surface area (Å²) >= 11 is 6.33. The van der Waals surface area contributed by atoms with E-state index in [0.717, 1.165) is 34.8 Å². The highest BCUT2D eigenvalue weighted by atomic mass is 35.5. The SMILES string of the molecule is CCc1ncc(C2=NC(C)(C)Cc3ccccc32)cc1Cl. The van der Waals surface area contributed by atoms with Crippen molar-refractivity contribution in [2.75, 3.05) is 0 Å². The van der Waals surface area contributed by atoms with Crippen molar-refractivity contribution < 1.29 is 0 Å². The lowest BCUT2D eigenvalue weighted by Crippen LogP contribution is -2.29. The molecule has 0 aliphatic carbocycles. The van der Waals surface area contributed by atoms with Gasteiger partial charge in [0, 0.05) is 17.3 Å². The topological polar surface area (TPSA) is 25.2 Å². The van der Waals surface area contributed by atoms with Gasteiger partial charge in [-0.15, -0.1) is 0 Å². The molecule has 21 heavy (non-hydrogen) atoms. The molecular weight excluding hydrogens is 280 g/mol. The molecule has 2 heterocycles. The Morgan fingerprint density at radius 3 is 2.71 bits per heavy atom. The van der Waals surface area contributed by atoms with Gasteiger partial charge in [-0.25, -0.2) is 0 Å². The van der Waals surface area contributed by atoms with Crippen LogP contribution in [0.2, 0.25) is 5.02 Å². The van der Waals surface area contributed by atoms with E-state index >= 15 is 0 Å². The summed E-state index contributed by atoms with van der Waals surface area (Å²) in [5.74, 6) is 0. The molecule has 0 fully saturated rings. The summed E-state index contributed by atoms with van der Waals surface area (Å²) in [6, 6.07) is 10.4. The lowest BCUT2D eigenvalue weighted by atomic mass is 9.85. The molecule has 0 saturated carbocycles. The van der Waals surface area contributed by atoms with Crippen LogP contribution in [0, 0.1) is 0 Å². The van der Waals surface area contributed by atoms with Crippen LogP contribution in [0.3, 0.4) is 0 Å². The van der Waals surface area contributed by atoms with Crippen molar-refractivity contribution in [1.82, 2.24) is 4.98 Å². The number of halogens is 1. The zero-order valence-corrected chi connectivity index (χ0v) is 13.4. The monoisotopic (exact) mass is 298 g/mol. The Hall–Kier alpha value is -1.67. The van der Waals surface area contributed by atoms with Crippen LogP contribution in [0.15, 0.2) is 41.5 Å². The fourth-order valence-corrected chi connectivity index (χ4v) is 3.15. The maximum atomic E-state index is 6.33. The van der Waals surface area contributed by atoms with Gasteiger partial charge in [-0.3, -0.25) is 9.98 Å². The highest BCUT2D eigenvalue weighted by Crippen LogP contribution is 2.30. The number of hydrogen-bond acceptors (Lipinski definition) is 2. The Balaban J connectivity index is 2.15. The summed E-state index contributed by atoms with van der Waals surface area (Å²) in [6.45, 7) is 6.39. The van der Waals surface area contributed by atoms with Gasteiger partial charge in [0.25, 0.3) is 0 Å². The molecule has 0 bridgehead atoms. The predicted octanol–water partition coefficient (Wildman–Crippen LogP) is 4.47. The van der Waals surface area contributed by atoms with Crippen LogP contribution in [-0.4, -0.2) is 16.2 Å². The minimum Gasteiger partial charge on any atom is -0.278 e. The van der Waals surface area contributed by atoms with E-state index in [4.69, 9.17) is 16.6 Å². The molecule has 0 saturated heterocycles. The van der Waals surface area contributed by atoms with E-state index in [2.05, 4.69) is 50.0 Å². The van der Waals surface area contributed by atoms with Gasteiger partial charge in [0.15, 0.2) is 0 Å². The first-order valence-electron chi connectivity index (χ1n) is 7.33. The second-order valence-corrected chi connectivity index (χ2v) is 6.52. The average molecular weight is 299 g/mol. The van der Waals surface area contributed by atoms with Gasteiger partial charge in [-0.1, -0.05) is 42.8 Å². The standard InChI is InChI=1S/C18H19ClN2/c1-4-16-15(19)9-13(11-20-16)17-14-8-6-5-7-12(14)10-18(2,3)21-17/h5-9,11H,4,10H2,1-3H3. The molecule has 0 unspecified atom stereocenters. The summed E-state index contributed by atoms with van der Waals surface area (Å²) in [7, 11) is 0. The third-order valence-corrected chi connectivity index (χ3v) is 4.16. The van der Waals surface area contributed by atoms with Crippen LogP contribution in [0.25, 0.3) is 0 Å². The maximum Gasteiger partial charge on any atom is 0.0744 e. The van der Waals surface area contributed by atoms with E-state index in [1.807, 2.05) is 12.3 Å². The minimum atomic E-state index is -0.0976. The van der Waals surface area contributed by atoms with Gasteiger partial charge >= 0.3 is 0 Å². The van der Waals surface area contributed by atoms with E-state index in [1.165, 1.54) is 11.1 Å². The first kappa shape index (κ1) is 14.3. The van der Waals surface area contributed by atoms with Crippen molar-refractivity contribution >= 4 is 17.3 Å². The summed E-state index contributed by atoms with van der Waals surface area (Å²) in [6.07, 6.45) is 3.69. The van der Waals surface area contributed by atoms with E-state index < -0.39 is 0 Å². The molecule has 108 valence electrons. The lowest BCUT2D eigenvalue weighted by Gasteiger charge is -2.29. The summed E-state index contributed by atoms with van der Waals surface area (Å²) < 4.78 is 0. The zero-order valence-electron chi connectivity index (χ0n) is 12.7. The Labute approximate surface area is 130 Å². The summed E-state index contributed by atoms with van der Waals surface area (Å²) in [5, 5.41) is 0.721. The van der Waals surface area contributed by atoms with E-state index in [1.54, 1.807) is 0 Å². The highest BCUT2D eigenvalue weighted by Gasteiger charge is 2.27. The smallest absolute Gasteiger partial charge is 0.0744 e. The largest absolute Gasteiger partial charge is 0.278 e. The molecule has 0 spiro atoms. The summed E-state index contributed by atoms with van der Waals surface area (Å²) in [4.78, 5) is 9.42. The zero-order chi connectivity index (χ0) is 15.0. The molecule has 1 aromatic heterocycles. The number of benzene rings is 1. The van der Waals surface area contributed by atoms with Crippen molar-refractivity contribution in [3.8, 4) is 0 Å². The van der Waals surface area contributed by atoms with Crippen LogP contribution >= 0.6 is 11.6 Å². The predicted molar refractivity (Wildman–Crippen MR) is 88.5 cm³/mol. The molecule has 3 rings (SSSR count). The molecule has 0 radical (unpaired) electrons. The van der Waals surface area contributed by atoms with E-state index in [-0.39, 0.29) is 5.54 Å². The third-order valence-electron chi connectivity index (χ3n) is 3.84. The van der Waals surface area contributed by atoms with Gasteiger partial charge in [0.1, 0.15) is 0 Å². The first-order valence-corrected chi connectivity index (χ1v) is 7.71. The molecule has 1 aliphatic heterocycles. The molecule has 1 aromatic carbocycles. The number of aliphatic imine (C=N–C) groups is 1. The van der Waals surface area contributed by atoms with Crippen LogP contribution in [0.5, 0.6) is 0 Å². The number of aromatic nitrogens is 1. The molecule has 0 atom stereocenters. The Morgan fingerprint density at radius 1 is 1.24 bits per heavy atom. The van der Waals surface area contributed by atoms with Crippen molar-refractivity contribution in [3.05, 3.63) is 63.9 Å². The van der Waals surface area contributed by atoms with Crippen LogP contribution in [-0.2, 0) is 12.8 Å². The molecule has 0 amide bonds. The Morgan fingerprint density at radius 2 is 2.00 bits per heavy atom. The highest BCUT2D eigenvalue weighted by molar-refractivity contribution is 6.31. The fourth-order valence-electron chi connectivity index (χ4n) is 2.85.